The third-order valence-corrected chi connectivity index (χ3v) is 5.96. The number of aromatic nitrogens is 3. The van der Waals surface area contributed by atoms with E-state index in [0.29, 0.717) is 28.4 Å². The first kappa shape index (κ1) is 24.9. The van der Waals surface area contributed by atoms with Crippen LogP contribution in [0.3, 0.4) is 0 Å². The largest absolute Gasteiger partial charge is 0.497 e. The fraction of sp³-hybridized carbons (Fsp3) is 0.375. The number of rotatable bonds is 11. The van der Waals surface area contributed by atoms with Gasteiger partial charge in [0.05, 0.1) is 12.9 Å². The van der Waals surface area contributed by atoms with Crippen LogP contribution in [0.25, 0.3) is 0 Å². The Bertz CT molecular complexity index is 1060. The Kier molecular flexibility index (Phi) is 9.03. The molecule has 1 aromatic heterocycles. The van der Waals surface area contributed by atoms with E-state index in [1.807, 2.05) is 60.0 Å². The molecule has 1 atom stereocenters. The Labute approximate surface area is 203 Å². The van der Waals surface area contributed by atoms with Crippen LogP contribution in [-0.2, 0) is 17.9 Å². The number of ether oxygens (including phenoxy) is 2. The molecule has 3 rings (SSSR count). The number of halogens is 1. The Morgan fingerprint density at radius 2 is 1.85 bits per heavy atom. The summed E-state index contributed by atoms with van der Waals surface area (Å²) in [6.07, 6.45) is -0.323. The van der Waals surface area contributed by atoms with Crippen molar-refractivity contribution in [3.05, 3.63) is 64.9 Å². The highest BCUT2D eigenvalue weighted by Crippen LogP contribution is 2.27. The highest BCUT2D eigenvalue weighted by molar-refractivity contribution is 7.99. The van der Waals surface area contributed by atoms with E-state index >= 15 is 0 Å². The SMILES string of the molecule is COc1cccc(OC(C)c2nnc(SCC(=O)NCc3ccc(Cl)cc3)n2CC(C)C)c1. The van der Waals surface area contributed by atoms with Crippen LogP contribution < -0.4 is 14.8 Å². The van der Waals surface area contributed by atoms with Gasteiger partial charge in [0.2, 0.25) is 5.91 Å². The molecule has 0 fully saturated rings. The highest BCUT2D eigenvalue weighted by Gasteiger charge is 2.21. The van der Waals surface area contributed by atoms with Gasteiger partial charge in [-0.15, -0.1) is 10.2 Å². The minimum Gasteiger partial charge on any atom is -0.497 e. The van der Waals surface area contributed by atoms with E-state index in [9.17, 15) is 4.79 Å². The minimum atomic E-state index is -0.323. The van der Waals surface area contributed by atoms with Crippen molar-refractivity contribution in [2.45, 2.75) is 45.1 Å². The van der Waals surface area contributed by atoms with Crippen molar-refractivity contribution in [1.29, 1.82) is 0 Å². The van der Waals surface area contributed by atoms with E-state index in [2.05, 4.69) is 29.4 Å². The Hall–Kier alpha value is -2.71. The molecule has 0 saturated heterocycles. The molecular formula is C24H29ClN4O3S. The standard InChI is InChI=1S/C24H29ClN4O3S/c1-16(2)14-29-23(17(3)32-21-7-5-6-20(12-21)31-4)27-28-24(29)33-15-22(30)26-13-18-8-10-19(25)11-9-18/h5-12,16-17H,13-15H2,1-4H3,(H,26,30). The van der Waals surface area contributed by atoms with Gasteiger partial charge in [0, 0.05) is 24.2 Å². The lowest BCUT2D eigenvalue weighted by atomic mass is 10.2. The van der Waals surface area contributed by atoms with Gasteiger partial charge < -0.3 is 19.4 Å². The maximum Gasteiger partial charge on any atom is 0.230 e. The quantitative estimate of drug-likeness (QED) is 0.376. The number of carbonyl (C=O) groups is 1. The van der Waals surface area contributed by atoms with Crippen molar-refractivity contribution >= 4 is 29.3 Å². The van der Waals surface area contributed by atoms with Crippen LogP contribution in [0.15, 0.2) is 53.7 Å². The first-order chi connectivity index (χ1) is 15.9. The molecule has 1 amide bonds. The lowest BCUT2D eigenvalue weighted by molar-refractivity contribution is -0.118. The van der Waals surface area contributed by atoms with E-state index in [4.69, 9.17) is 21.1 Å². The zero-order valence-corrected chi connectivity index (χ0v) is 20.8. The molecule has 0 bridgehead atoms. The van der Waals surface area contributed by atoms with E-state index in [1.165, 1.54) is 11.8 Å². The van der Waals surface area contributed by atoms with Gasteiger partial charge in [-0.25, -0.2) is 0 Å². The second kappa shape index (κ2) is 12.0. The lowest BCUT2D eigenvalue weighted by Gasteiger charge is -2.18. The average Bonchev–Trinajstić information content (AvgIpc) is 3.19. The molecule has 1 N–H and O–H groups in total. The van der Waals surface area contributed by atoms with E-state index in [-0.39, 0.29) is 17.8 Å². The van der Waals surface area contributed by atoms with Gasteiger partial charge >= 0.3 is 0 Å². The van der Waals surface area contributed by atoms with Crippen LogP contribution in [0.4, 0.5) is 0 Å². The summed E-state index contributed by atoms with van der Waals surface area (Å²) in [6.45, 7) is 7.37. The molecule has 0 aliphatic heterocycles. The molecule has 0 spiro atoms. The molecule has 0 radical (unpaired) electrons. The Morgan fingerprint density at radius 3 is 2.55 bits per heavy atom. The van der Waals surface area contributed by atoms with Crippen LogP contribution in [0.2, 0.25) is 5.02 Å². The zero-order valence-electron chi connectivity index (χ0n) is 19.2. The van der Waals surface area contributed by atoms with Crippen molar-refractivity contribution < 1.29 is 14.3 Å². The first-order valence-electron chi connectivity index (χ1n) is 10.7. The van der Waals surface area contributed by atoms with Crippen molar-refractivity contribution in [1.82, 2.24) is 20.1 Å². The normalized spacial score (nSPS) is 11.9. The molecule has 0 aliphatic rings. The molecular weight excluding hydrogens is 460 g/mol. The van der Waals surface area contributed by atoms with Crippen LogP contribution in [0.5, 0.6) is 11.5 Å². The van der Waals surface area contributed by atoms with Gasteiger partial charge in [0.25, 0.3) is 0 Å². The second-order valence-electron chi connectivity index (χ2n) is 7.98. The number of hydrogen-bond donors (Lipinski definition) is 1. The monoisotopic (exact) mass is 488 g/mol. The number of methoxy groups -OCH3 is 1. The Balaban J connectivity index is 1.64. The van der Waals surface area contributed by atoms with Crippen LogP contribution in [0.1, 0.15) is 38.3 Å². The van der Waals surface area contributed by atoms with Gasteiger partial charge in [-0.05, 0) is 42.7 Å². The third kappa shape index (κ3) is 7.40. The van der Waals surface area contributed by atoms with Crippen LogP contribution in [-0.4, -0.2) is 33.5 Å². The molecule has 7 nitrogen and oxygen atoms in total. The van der Waals surface area contributed by atoms with Gasteiger partial charge in [-0.2, -0.15) is 0 Å². The predicted molar refractivity (Wildman–Crippen MR) is 131 cm³/mol. The van der Waals surface area contributed by atoms with E-state index in [1.54, 1.807) is 7.11 Å². The maximum atomic E-state index is 12.4. The van der Waals surface area contributed by atoms with Crippen LogP contribution >= 0.6 is 23.4 Å². The van der Waals surface area contributed by atoms with Crippen molar-refractivity contribution in [3.8, 4) is 11.5 Å². The minimum absolute atomic E-state index is 0.0729. The number of hydrogen-bond acceptors (Lipinski definition) is 6. The number of benzene rings is 2. The Morgan fingerprint density at radius 1 is 1.12 bits per heavy atom. The summed E-state index contributed by atoms with van der Waals surface area (Å²) in [6, 6.07) is 14.9. The molecule has 2 aromatic carbocycles. The summed E-state index contributed by atoms with van der Waals surface area (Å²) in [4.78, 5) is 12.4. The van der Waals surface area contributed by atoms with Crippen LogP contribution in [0, 0.1) is 5.92 Å². The van der Waals surface area contributed by atoms with Crippen molar-refractivity contribution in [2.75, 3.05) is 12.9 Å². The fourth-order valence-corrected chi connectivity index (χ4v) is 4.07. The third-order valence-electron chi connectivity index (χ3n) is 4.75. The zero-order chi connectivity index (χ0) is 23.8. The number of amides is 1. The molecule has 0 aliphatic carbocycles. The number of thioether (sulfide) groups is 1. The van der Waals surface area contributed by atoms with E-state index in [0.717, 1.165) is 23.7 Å². The van der Waals surface area contributed by atoms with E-state index < -0.39 is 0 Å². The number of carbonyl (C=O) groups excluding carboxylic acids is 1. The smallest absolute Gasteiger partial charge is 0.230 e. The molecule has 3 aromatic rings. The summed E-state index contributed by atoms with van der Waals surface area (Å²) < 4.78 is 13.4. The predicted octanol–water partition coefficient (Wildman–Crippen LogP) is 5.14. The summed E-state index contributed by atoms with van der Waals surface area (Å²) in [5.74, 6) is 2.68. The molecule has 9 heteroatoms. The summed E-state index contributed by atoms with van der Waals surface area (Å²) >= 11 is 7.27. The lowest BCUT2D eigenvalue weighted by Crippen LogP contribution is -2.24. The average molecular weight is 489 g/mol. The topological polar surface area (TPSA) is 78.3 Å². The summed E-state index contributed by atoms with van der Waals surface area (Å²) in [5, 5.41) is 13.0. The van der Waals surface area contributed by atoms with Crippen molar-refractivity contribution in [2.24, 2.45) is 5.92 Å². The summed E-state index contributed by atoms with van der Waals surface area (Å²) in [7, 11) is 1.62. The van der Waals surface area contributed by atoms with Gasteiger partial charge in [0.1, 0.15) is 11.5 Å². The van der Waals surface area contributed by atoms with Gasteiger partial charge in [-0.3, -0.25) is 4.79 Å². The molecule has 0 saturated carbocycles. The molecule has 33 heavy (non-hydrogen) atoms. The number of nitrogens with zero attached hydrogens (tertiary/aromatic N) is 3. The number of nitrogens with one attached hydrogen (secondary N) is 1. The molecule has 1 unspecified atom stereocenters. The second-order valence-corrected chi connectivity index (χ2v) is 9.36. The highest BCUT2D eigenvalue weighted by atomic mass is 35.5. The molecule has 1 heterocycles. The fourth-order valence-electron chi connectivity index (χ4n) is 3.16. The van der Waals surface area contributed by atoms with Gasteiger partial charge in [-0.1, -0.05) is 55.4 Å². The maximum absolute atomic E-state index is 12.4. The summed E-state index contributed by atoms with van der Waals surface area (Å²) in [5.41, 5.74) is 0.992. The van der Waals surface area contributed by atoms with Crippen molar-refractivity contribution in [3.63, 3.8) is 0 Å². The molecule has 176 valence electrons. The van der Waals surface area contributed by atoms with Gasteiger partial charge in [0.15, 0.2) is 17.1 Å². The first-order valence-corrected chi connectivity index (χ1v) is 12.1.